The Labute approximate surface area is 172 Å². The lowest BCUT2D eigenvalue weighted by Crippen LogP contribution is -2.63. The number of methoxy groups -OCH3 is 1. The Balaban J connectivity index is 2.58. The number of sulfone groups is 1. The van der Waals surface area contributed by atoms with Crippen molar-refractivity contribution in [1.82, 2.24) is 5.32 Å². The van der Waals surface area contributed by atoms with Gasteiger partial charge in [0.1, 0.15) is 22.0 Å². The molecule has 1 heterocycles. The second kappa shape index (κ2) is 7.83. The number of amides is 1. The molecule has 0 saturated heterocycles. The number of allylic oxidation sites excluding steroid dienone is 3. The molecular formula is C20H31FN2O5S. The molecule has 2 rings (SSSR count). The van der Waals surface area contributed by atoms with Crippen molar-refractivity contribution in [2.75, 3.05) is 13.4 Å². The minimum Gasteiger partial charge on any atom is -0.444 e. The van der Waals surface area contributed by atoms with Gasteiger partial charge < -0.3 is 9.47 Å². The standard InChI is InChI=1S/C20H31FN2O5S/c1-18(2,3)28-17(24)22-16-19(4,29(7,25)26)12-15(27-6)20(5,23-16)13-10-8-9-11-14(13)21/h8-9,11,13,15H,10,12H2,1-7H3,(H,22,23,24)/t13?,15-,19-,20+/m0/s1. The van der Waals surface area contributed by atoms with E-state index in [2.05, 4.69) is 10.3 Å². The van der Waals surface area contributed by atoms with Crippen LogP contribution < -0.4 is 5.32 Å². The van der Waals surface area contributed by atoms with E-state index in [1.165, 1.54) is 20.1 Å². The van der Waals surface area contributed by atoms with E-state index in [-0.39, 0.29) is 18.1 Å². The van der Waals surface area contributed by atoms with Gasteiger partial charge >= 0.3 is 6.09 Å². The fraction of sp³-hybridized carbons (Fsp3) is 0.700. The van der Waals surface area contributed by atoms with Crippen LogP contribution in [0.1, 0.15) is 47.5 Å². The minimum atomic E-state index is -3.70. The Hall–Kier alpha value is -1.74. The summed E-state index contributed by atoms with van der Waals surface area (Å²) in [7, 11) is -2.25. The third-order valence-corrected chi connectivity index (χ3v) is 7.60. The van der Waals surface area contributed by atoms with Gasteiger partial charge in [0.25, 0.3) is 0 Å². The summed E-state index contributed by atoms with van der Waals surface area (Å²) in [5.74, 6) is -1.07. The number of nitrogens with one attached hydrogen (secondary N) is 1. The first-order valence-electron chi connectivity index (χ1n) is 9.49. The van der Waals surface area contributed by atoms with Crippen molar-refractivity contribution in [3.63, 3.8) is 0 Å². The van der Waals surface area contributed by atoms with Gasteiger partial charge in [0.15, 0.2) is 9.84 Å². The monoisotopic (exact) mass is 430 g/mol. The molecule has 0 bridgehead atoms. The summed E-state index contributed by atoms with van der Waals surface area (Å²) in [6.45, 7) is 8.30. The molecule has 4 atom stereocenters. The first-order chi connectivity index (χ1) is 13.1. The Kier molecular flexibility index (Phi) is 6.36. The van der Waals surface area contributed by atoms with Gasteiger partial charge in [-0.15, -0.1) is 0 Å². The Bertz CT molecular complexity index is 859. The maximum atomic E-state index is 14.7. The second-order valence-corrected chi connectivity index (χ2v) is 11.5. The zero-order chi connectivity index (χ0) is 22.3. The van der Waals surface area contributed by atoms with E-state index < -0.39 is 43.8 Å². The summed E-state index contributed by atoms with van der Waals surface area (Å²) in [4.78, 5) is 17.0. The predicted octanol–water partition coefficient (Wildman–Crippen LogP) is 3.32. The fourth-order valence-electron chi connectivity index (χ4n) is 3.72. The van der Waals surface area contributed by atoms with Crippen LogP contribution in [0, 0.1) is 5.92 Å². The smallest absolute Gasteiger partial charge is 0.413 e. The highest BCUT2D eigenvalue weighted by molar-refractivity contribution is 7.92. The third-order valence-electron chi connectivity index (χ3n) is 5.60. The topological polar surface area (TPSA) is 94.1 Å². The lowest BCUT2D eigenvalue weighted by atomic mass is 9.72. The number of nitrogens with zero attached hydrogens (tertiary/aromatic N) is 1. The van der Waals surface area contributed by atoms with Crippen LogP contribution in [0.4, 0.5) is 9.18 Å². The normalized spacial score (nSPS) is 33.0. The number of carbonyl (C=O) groups is 1. The lowest BCUT2D eigenvalue weighted by Gasteiger charge is -2.48. The first kappa shape index (κ1) is 23.5. The number of rotatable bonds is 3. The Morgan fingerprint density at radius 1 is 1.34 bits per heavy atom. The van der Waals surface area contributed by atoms with Crippen molar-refractivity contribution in [2.45, 2.75) is 69.5 Å². The lowest BCUT2D eigenvalue weighted by molar-refractivity contribution is 0.00418. The summed E-state index contributed by atoms with van der Waals surface area (Å²) < 4.78 is 49.4. The maximum absolute atomic E-state index is 14.7. The number of halogens is 1. The molecule has 1 aliphatic carbocycles. The summed E-state index contributed by atoms with van der Waals surface area (Å²) in [6.07, 6.45) is 4.81. The molecule has 1 amide bonds. The average molecular weight is 431 g/mol. The molecule has 9 heteroatoms. The van der Waals surface area contributed by atoms with Crippen LogP contribution in [0.25, 0.3) is 0 Å². The molecule has 1 unspecified atom stereocenters. The third kappa shape index (κ3) is 4.71. The van der Waals surface area contributed by atoms with E-state index in [0.29, 0.717) is 6.42 Å². The Morgan fingerprint density at radius 3 is 2.45 bits per heavy atom. The molecule has 0 saturated carbocycles. The van der Waals surface area contributed by atoms with Crippen molar-refractivity contribution in [1.29, 1.82) is 0 Å². The highest BCUT2D eigenvalue weighted by Crippen LogP contribution is 2.45. The van der Waals surface area contributed by atoms with Gasteiger partial charge in [0, 0.05) is 25.7 Å². The summed E-state index contributed by atoms with van der Waals surface area (Å²) >= 11 is 0. The molecule has 7 nitrogen and oxygen atoms in total. The predicted molar refractivity (Wildman–Crippen MR) is 110 cm³/mol. The van der Waals surface area contributed by atoms with Crippen molar-refractivity contribution >= 4 is 21.8 Å². The van der Waals surface area contributed by atoms with Gasteiger partial charge in [-0.05, 0) is 47.1 Å². The van der Waals surface area contributed by atoms with E-state index in [4.69, 9.17) is 9.47 Å². The number of ether oxygens (including phenoxy) is 2. The zero-order valence-corrected chi connectivity index (χ0v) is 18.9. The van der Waals surface area contributed by atoms with Crippen LogP contribution >= 0.6 is 0 Å². The molecule has 0 fully saturated rings. The minimum absolute atomic E-state index is 0.0148. The van der Waals surface area contributed by atoms with Gasteiger partial charge in [-0.2, -0.15) is 0 Å². The van der Waals surface area contributed by atoms with Gasteiger partial charge in [-0.25, -0.2) is 17.6 Å². The summed E-state index contributed by atoms with van der Waals surface area (Å²) in [5.41, 5.74) is -1.89. The van der Waals surface area contributed by atoms with Crippen LogP contribution in [0.2, 0.25) is 0 Å². The molecule has 0 aromatic heterocycles. The Morgan fingerprint density at radius 2 is 1.97 bits per heavy atom. The highest BCUT2D eigenvalue weighted by Gasteiger charge is 2.56. The van der Waals surface area contributed by atoms with Crippen LogP contribution in [-0.2, 0) is 19.3 Å². The van der Waals surface area contributed by atoms with Crippen LogP contribution in [0.5, 0.6) is 0 Å². The van der Waals surface area contributed by atoms with Crippen LogP contribution in [0.15, 0.2) is 29.0 Å². The zero-order valence-electron chi connectivity index (χ0n) is 18.1. The molecule has 0 aromatic carbocycles. The molecule has 29 heavy (non-hydrogen) atoms. The van der Waals surface area contributed by atoms with Crippen molar-refractivity contribution in [2.24, 2.45) is 10.9 Å². The number of amidine groups is 1. The van der Waals surface area contributed by atoms with Crippen molar-refractivity contribution < 1.29 is 27.1 Å². The van der Waals surface area contributed by atoms with Gasteiger partial charge in [-0.1, -0.05) is 12.2 Å². The maximum Gasteiger partial charge on any atom is 0.413 e. The number of carbonyl (C=O) groups excluding carboxylic acids is 1. The van der Waals surface area contributed by atoms with E-state index in [0.717, 1.165) is 6.26 Å². The molecule has 1 N–H and O–H groups in total. The van der Waals surface area contributed by atoms with Crippen molar-refractivity contribution in [3.05, 3.63) is 24.1 Å². The van der Waals surface area contributed by atoms with E-state index in [1.54, 1.807) is 33.8 Å². The first-order valence-corrected chi connectivity index (χ1v) is 11.4. The van der Waals surface area contributed by atoms with E-state index in [9.17, 15) is 17.6 Å². The molecular weight excluding hydrogens is 399 g/mol. The van der Waals surface area contributed by atoms with Gasteiger partial charge in [0.2, 0.25) is 0 Å². The molecule has 0 radical (unpaired) electrons. The van der Waals surface area contributed by atoms with Gasteiger partial charge in [-0.3, -0.25) is 10.3 Å². The second-order valence-electron chi connectivity index (χ2n) is 9.01. The molecule has 0 aromatic rings. The molecule has 164 valence electrons. The number of aliphatic imine (C=N–C) groups is 1. The SMILES string of the molecule is CO[C@H]1C[C@](C)(S(C)(=O)=O)C(NC(=O)OC(C)(C)C)=N[C@]1(C)C1CC=CC=C1F. The number of alkyl carbamates (subject to hydrolysis) is 1. The van der Waals surface area contributed by atoms with E-state index >= 15 is 0 Å². The fourth-order valence-corrected chi connectivity index (χ4v) is 4.62. The number of hydrogen-bond acceptors (Lipinski definition) is 6. The van der Waals surface area contributed by atoms with Crippen LogP contribution in [0.3, 0.4) is 0 Å². The highest BCUT2D eigenvalue weighted by atomic mass is 32.2. The summed E-state index contributed by atoms with van der Waals surface area (Å²) in [5, 5.41) is 2.52. The summed E-state index contributed by atoms with van der Waals surface area (Å²) in [6, 6.07) is 0. The molecule has 1 aliphatic heterocycles. The largest absolute Gasteiger partial charge is 0.444 e. The quantitative estimate of drug-likeness (QED) is 0.741. The van der Waals surface area contributed by atoms with Crippen molar-refractivity contribution in [3.8, 4) is 0 Å². The van der Waals surface area contributed by atoms with E-state index in [1.807, 2.05) is 6.08 Å². The van der Waals surface area contributed by atoms with Crippen LogP contribution in [-0.4, -0.2) is 55.7 Å². The average Bonchev–Trinajstić information content (AvgIpc) is 2.55. The molecule has 2 aliphatic rings. The molecule has 0 spiro atoms. The van der Waals surface area contributed by atoms with Gasteiger partial charge in [0.05, 0.1) is 11.6 Å². The number of hydrogen-bond donors (Lipinski definition) is 1.